The van der Waals surface area contributed by atoms with E-state index in [2.05, 4.69) is 35.8 Å². The lowest BCUT2D eigenvalue weighted by atomic mass is 10.1. The molecule has 0 aromatic carbocycles. The van der Waals surface area contributed by atoms with Crippen LogP contribution >= 0.6 is 0 Å². The molecule has 2 aromatic heterocycles. The van der Waals surface area contributed by atoms with Crippen LogP contribution in [-0.2, 0) is 5.54 Å². The van der Waals surface area contributed by atoms with Gasteiger partial charge in [-0.15, -0.1) is 0 Å². The van der Waals surface area contributed by atoms with Gasteiger partial charge in [-0.1, -0.05) is 0 Å². The molecule has 24 heavy (non-hydrogen) atoms. The summed E-state index contributed by atoms with van der Waals surface area (Å²) in [5, 5.41) is 4.54. The van der Waals surface area contributed by atoms with Gasteiger partial charge in [0.2, 0.25) is 0 Å². The van der Waals surface area contributed by atoms with Gasteiger partial charge in [0.1, 0.15) is 0 Å². The third kappa shape index (κ3) is 3.27. The fraction of sp³-hybridized carbons (Fsp3) is 0.500. The lowest BCUT2D eigenvalue weighted by molar-refractivity contribution is 0.0739. The van der Waals surface area contributed by atoms with Crippen LogP contribution in [0.1, 0.15) is 37.0 Å². The Hall–Kier alpha value is -2.37. The van der Waals surface area contributed by atoms with E-state index in [0.29, 0.717) is 18.8 Å². The lowest BCUT2D eigenvalue weighted by Gasteiger charge is -2.35. The Morgan fingerprint density at radius 3 is 2.25 bits per heavy atom. The lowest BCUT2D eigenvalue weighted by Crippen LogP contribution is -2.49. The molecule has 128 valence electrons. The number of hydrogen-bond donors (Lipinski definition) is 0. The number of anilines is 1. The average molecular weight is 327 g/mol. The fourth-order valence-corrected chi connectivity index (χ4v) is 3.14. The molecule has 0 radical (unpaired) electrons. The van der Waals surface area contributed by atoms with E-state index in [0.717, 1.165) is 24.5 Å². The number of hydrogen-bond acceptors (Lipinski definition) is 4. The maximum Gasteiger partial charge on any atom is 0.274 e. The minimum Gasteiger partial charge on any atom is -0.368 e. The molecule has 0 spiro atoms. The molecule has 6 heteroatoms. The average Bonchev–Trinajstić information content (AvgIpc) is 2.97. The van der Waals surface area contributed by atoms with E-state index in [9.17, 15) is 4.79 Å². The summed E-state index contributed by atoms with van der Waals surface area (Å²) in [6.45, 7) is 11.4. The van der Waals surface area contributed by atoms with Gasteiger partial charge in [0.05, 0.1) is 5.54 Å². The van der Waals surface area contributed by atoms with Crippen LogP contribution in [0.25, 0.3) is 0 Å². The van der Waals surface area contributed by atoms with E-state index in [-0.39, 0.29) is 11.4 Å². The van der Waals surface area contributed by atoms with Crippen molar-refractivity contribution >= 4 is 11.6 Å². The molecule has 1 aliphatic heterocycles. The first-order chi connectivity index (χ1) is 11.4. The van der Waals surface area contributed by atoms with Gasteiger partial charge in [0.15, 0.2) is 5.69 Å². The van der Waals surface area contributed by atoms with Crippen molar-refractivity contribution in [2.24, 2.45) is 0 Å². The van der Waals surface area contributed by atoms with E-state index in [1.165, 1.54) is 0 Å². The van der Waals surface area contributed by atoms with E-state index in [4.69, 9.17) is 0 Å². The number of piperazine rings is 1. The molecule has 0 atom stereocenters. The van der Waals surface area contributed by atoms with Crippen LogP contribution in [0.2, 0.25) is 0 Å². The topological polar surface area (TPSA) is 54.3 Å². The predicted molar refractivity (Wildman–Crippen MR) is 94.3 cm³/mol. The third-order valence-electron chi connectivity index (χ3n) is 4.34. The Labute approximate surface area is 143 Å². The second-order valence-electron chi connectivity index (χ2n) is 7.24. The molecule has 0 saturated carbocycles. The molecule has 0 aliphatic carbocycles. The smallest absolute Gasteiger partial charge is 0.274 e. The van der Waals surface area contributed by atoms with E-state index in [1.807, 2.05) is 34.7 Å². The van der Waals surface area contributed by atoms with Gasteiger partial charge in [-0.25, -0.2) is 0 Å². The third-order valence-corrected chi connectivity index (χ3v) is 4.34. The summed E-state index contributed by atoms with van der Waals surface area (Å²) < 4.78 is 1.92. The highest BCUT2D eigenvalue weighted by molar-refractivity contribution is 5.92. The highest BCUT2D eigenvalue weighted by Crippen LogP contribution is 2.19. The molecule has 2 aromatic rings. The van der Waals surface area contributed by atoms with Gasteiger partial charge in [-0.3, -0.25) is 14.5 Å². The molecular formula is C18H25N5O. The summed E-state index contributed by atoms with van der Waals surface area (Å²) in [6.07, 6.45) is 3.60. The Balaban J connectivity index is 1.68. The van der Waals surface area contributed by atoms with Crippen LogP contribution in [0.4, 0.5) is 5.69 Å². The van der Waals surface area contributed by atoms with Crippen LogP contribution in [-0.4, -0.2) is 51.8 Å². The second-order valence-corrected chi connectivity index (χ2v) is 7.24. The normalized spacial score (nSPS) is 15.7. The van der Waals surface area contributed by atoms with E-state index >= 15 is 0 Å². The largest absolute Gasteiger partial charge is 0.368 e. The first-order valence-corrected chi connectivity index (χ1v) is 8.37. The quantitative estimate of drug-likeness (QED) is 0.849. The zero-order valence-electron chi connectivity index (χ0n) is 14.9. The standard InChI is InChI=1S/C18H25N5O/c1-14-13-16(20-23(14)18(2,3)4)17(24)22-11-9-21(10-12-22)15-5-7-19-8-6-15/h5-8,13H,9-12H2,1-4H3. The van der Waals surface area contributed by atoms with E-state index in [1.54, 1.807) is 12.4 Å². The number of aromatic nitrogens is 3. The number of carbonyl (C=O) groups is 1. The number of nitrogens with zero attached hydrogens (tertiary/aromatic N) is 5. The van der Waals surface area contributed by atoms with Crippen LogP contribution in [0, 0.1) is 6.92 Å². The molecule has 1 saturated heterocycles. The molecule has 1 fully saturated rings. The summed E-state index contributed by atoms with van der Waals surface area (Å²) in [4.78, 5) is 21.0. The number of pyridine rings is 1. The van der Waals surface area contributed by atoms with Crippen molar-refractivity contribution < 1.29 is 4.79 Å². The number of carbonyl (C=O) groups excluding carboxylic acids is 1. The SMILES string of the molecule is Cc1cc(C(=O)N2CCN(c3ccncc3)CC2)nn1C(C)(C)C. The van der Waals surface area contributed by atoms with Crippen molar-refractivity contribution in [3.05, 3.63) is 42.0 Å². The van der Waals surface area contributed by atoms with Crippen LogP contribution in [0.3, 0.4) is 0 Å². The highest BCUT2D eigenvalue weighted by Gasteiger charge is 2.26. The van der Waals surface area contributed by atoms with Gasteiger partial charge in [0.25, 0.3) is 5.91 Å². The first kappa shape index (κ1) is 16.5. The van der Waals surface area contributed by atoms with Crippen molar-refractivity contribution in [3.63, 3.8) is 0 Å². The van der Waals surface area contributed by atoms with Gasteiger partial charge in [-0.05, 0) is 45.9 Å². The number of rotatable bonds is 2. The van der Waals surface area contributed by atoms with Crippen molar-refractivity contribution in [2.75, 3.05) is 31.1 Å². The van der Waals surface area contributed by atoms with Crippen molar-refractivity contribution in [3.8, 4) is 0 Å². The molecular weight excluding hydrogens is 302 g/mol. The Morgan fingerprint density at radius 1 is 1.08 bits per heavy atom. The predicted octanol–water partition coefficient (Wildman–Crippen LogP) is 2.30. The van der Waals surface area contributed by atoms with Crippen molar-refractivity contribution in [2.45, 2.75) is 33.2 Å². The molecule has 3 rings (SSSR count). The van der Waals surface area contributed by atoms with Crippen LogP contribution in [0.15, 0.2) is 30.6 Å². The van der Waals surface area contributed by atoms with Gasteiger partial charge in [-0.2, -0.15) is 5.10 Å². The number of aryl methyl sites for hydroxylation is 1. The minimum atomic E-state index is -0.122. The van der Waals surface area contributed by atoms with Crippen LogP contribution < -0.4 is 4.90 Å². The Morgan fingerprint density at radius 2 is 1.71 bits per heavy atom. The molecule has 6 nitrogen and oxygen atoms in total. The molecule has 0 bridgehead atoms. The van der Waals surface area contributed by atoms with E-state index < -0.39 is 0 Å². The summed E-state index contributed by atoms with van der Waals surface area (Å²) in [5.74, 6) is 0.0236. The summed E-state index contributed by atoms with van der Waals surface area (Å²) >= 11 is 0. The maximum atomic E-state index is 12.8. The molecule has 0 unspecified atom stereocenters. The van der Waals surface area contributed by atoms with Crippen LogP contribution in [0.5, 0.6) is 0 Å². The zero-order valence-corrected chi connectivity index (χ0v) is 14.9. The fourth-order valence-electron chi connectivity index (χ4n) is 3.14. The summed E-state index contributed by atoms with van der Waals surface area (Å²) in [5.41, 5.74) is 2.59. The highest BCUT2D eigenvalue weighted by atomic mass is 16.2. The molecule has 3 heterocycles. The summed E-state index contributed by atoms with van der Waals surface area (Å²) in [7, 11) is 0. The molecule has 1 amide bonds. The zero-order chi connectivity index (χ0) is 17.3. The van der Waals surface area contributed by atoms with Gasteiger partial charge in [0, 0.05) is 50.0 Å². The molecule has 1 aliphatic rings. The van der Waals surface area contributed by atoms with Crippen molar-refractivity contribution in [1.29, 1.82) is 0 Å². The monoisotopic (exact) mass is 327 g/mol. The Kier molecular flexibility index (Phi) is 4.30. The van der Waals surface area contributed by atoms with Gasteiger partial charge < -0.3 is 9.80 Å². The maximum absolute atomic E-state index is 12.8. The minimum absolute atomic E-state index is 0.0236. The van der Waals surface area contributed by atoms with Gasteiger partial charge >= 0.3 is 0 Å². The summed E-state index contributed by atoms with van der Waals surface area (Å²) in [6, 6.07) is 5.90. The number of amides is 1. The Bertz CT molecular complexity index is 709. The second kappa shape index (κ2) is 6.26. The van der Waals surface area contributed by atoms with Crippen molar-refractivity contribution in [1.82, 2.24) is 19.7 Å². The molecule has 0 N–H and O–H groups in total. The first-order valence-electron chi connectivity index (χ1n) is 8.37.